The lowest BCUT2D eigenvalue weighted by atomic mass is 10.3. The van der Waals surface area contributed by atoms with Gasteiger partial charge in [-0.2, -0.15) is 0 Å². The summed E-state index contributed by atoms with van der Waals surface area (Å²) >= 11 is 5.52. The van der Waals surface area contributed by atoms with Crippen molar-refractivity contribution in [2.24, 2.45) is 0 Å². The maximum Gasteiger partial charge on any atom is 0.0857 e. The number of hydrogen-bond donors (Lipinski definition) is 1. The molecule has 1 nitrogen and oxygen atoms in total. The second-order valence-electron chi connectivity index (χ2n) is 1.81. The quantitative estimate of drug-likeness (QED) is 0.678. The van der Waals surface area contributed by atoms with Crippen LogP contribution in [0.1, 0.15) is 12.8 Å². The lowest BCUT2D eigenvalue weighted by Gasteiger charge is -1.96. The SMILES string of the molecule is OC1CCC(Br)=C1I. The van der Waals surface area contributed by atoms with Crippen molar-refractivity contribution >= 4 is 38.5 Å². The zero-order chi connectivity index (χ0) is 6.15. The van der Waals surface area contributed by atoms with Crippen LogP contribution in [0.5, 0.6) is 0 Å². The molecule has 46 valence electrons. The number of aliphatic hydroxyl groups is 1. The zero-order valence-electron chi connectivity index (χ0n) is 4.19. The van der Waals surface area contributed by atoms with Crippen LogP contribution in [0, 0.1) is 0 Å². The molecule has 1 aliphatic rings. The van der Waals surface area contributed by atoms with Crippen molar-refractivity contribution < 1.29 is 5.11 Å². The summed E-state index contributed by atoms with van der Waals surface area (Å²) in [5.74, 6) is 0. The molecule has 1 N–H and O–H groups in total. The lowest BCUT2D eigenvalue weighted by molar-refractivity contribution is 0.221. The number of halogens is 2. The maximum absolute atomic E-state index is 9.07. The molecule has 0 fully saturated rings. The van der Waals surface area contributed by atoms with E-state index in [0.29, 0.717) is 0 Å². The Morgan fingerprint density at radius 3 is 2.50 bits per heavy atom. The van der Waals surface area contributed by atoms with Crippen molar-refractivity contribution in [1.29, 1.82) is 0 Å². The van der Waals surface area contributed by atoms with Gasteiger partial charge in [-0.25, -0.2) is 0 Å². The molecule has 0 heterocycles. The van der Waals surface area contributed by atoms with Crippen molar-refractivity contribution in [3.63, 3.8) is 0 Å². The van der Waals surface area contributed by atoms with E-state index in [2.05, 4.69) is 38.5 Å². The highest BCUT2D eigenvalue weighted by Gasteiger charge is 2.18. The fourth-order valence-corrected chi connectivity index (χ4v) is 1.76. The molecular formula is C5H6BrIO. The predicted molar refractivity (Wildman–Crippen MR) is 45.2 cm³/mol. The van der Waals surface area contributed by atoms with Gasteiger partial charge in [-0.3, -0.25) is 0 Å². The van der Waals surface area contributed by atoms with E-state index in [-0.39, 0.29) is 6.10 Å². The van der Waals surface area contributed by atoms with Crippen molar-refractivity contribution in [1.82, 2.24) is 0 Å². The first-order valence-corrected chi connectivity index (χ1v) is 4.31. The third-order valence-electron chi connectivity index (χ3n) is 1.19. The molecule has 0 aliphatic heterocycles. The average Bonchev–Trinajstić information content (AvgIpc) is 1.98. The van der Waals surface area contributed by atoms with Crippen LogP contribution in [0.4, 0.5) is 0 Å². The van der Waals surface area contributed by atoms with E-state index in [9.17, 15) is 0 Å². The Morgan fingerprint density at radius 1 is 1.75 bits per heavy atom. The minimum atomic E-state index is -0.190. The fourth-order valence-electron chi connectivity index (χ4n) is 0.690. The molecule has 1 unspecified atom stereocenters. The molecule has 0 aromatic carbocycles. The number of aliphatic hydroxyl groups excluding tert-OH is 1. The first kappa shape index (κ1) is 7.02. The molecule has 0 aromatic heterocycles. The van der Waals surface area contributed by atoms with Crippen LogP contribution in [0.25, 0.3) is 0 Å². The lowest BCUT2D eigenvalue weighted by Crippen LogP contribution is -1.98. The van der Waals surface area contributed by atoms with Gasteiger partial charge in [-0.1, -0.05) is 15.9 Å². The third kappa shape index (κ3) is 1.25. The minimum Gasteiger partial charge on any atom is -0.388 e. The van der Waals surface area contributed by atoms with Crippen LogP contribution in [0.2, 0.25) is 0 Å². The van der Waals surface area contributed by atoms with Gasteiger partial charge in [0.2, 0.25) is 0 Å². The Hall–Kier alpha value is 0.910. The summed E-state index contributed by atoms with van der Waals surface area (Å²) in [7, 11) is 0. The van der Waals surface area contributed by atoms with Crippen LogP contribution in [-0.2, 0) is 0 Å². The maximum atomic E-state index is 9.07. The highest BCUT2D eigenvalue weighted by molar-refractivity contribution is 14.1. The van der Waals surface area contributed by atoms with Gasteiger partial charge in [0, 0.05) is 8.06 Å². The second kappa shape index (κ2) is 2.66. The summed E-state index contributed by atoms with van der Waals surface area (Å²) in [4.78, 5) is 0. The first-order chi connectivity index (χ1) is 3.72. The summed E-state index contributed by atoms with van der Waals surface area (Å²) in [6, 6.07) is 0. The molecule has 8 heavy (non-hydrogen) atoms. The summed E-state index contributed by atoms with van der Waals surface area (Å²) < 4.78 is 2.24. The van der Waals surface area contributed by atoms with Gasteiger partial charge < -0.3 is 5.11 Å². The largest absolute Gasteiger partial charge is 0.388 e. The van der Waals surface area contributed by atoms with Crippen LogP contribution < -0.4 is 0 Å². The van der Waals surface area contributed by atoms with Gasteiger partial charge in [0.25, 0.3) is 0 Å². The van der Waals surface area contributed by atoms with E-state index in [0.717, 1.165) is 16.4 Å². The van der Waals surface area contributed by atoms with E-state index >= 15 is 0 Å². The number of rotatable bonds is 0. The molecule has 3 heteroatoms. The molecule has 0 spiro atoms. The van der Waals surface area contributed by atoms with Crippen LogP contribution in [-0.4, -0.2) is 11.2 Å². The smallest absolute Gasteiger partial charge is 0.0857 e. The monoisotopic (exact) mass is 288 g/mol. The van der Waals surface area contributed by atoms with Crippen LogP contribution in [0.15, 0.2) is 8.06 Å². The Morgan fingerprint density at radius 2 is 2.38 bits per heavy atom. The molecule has 0 radical (unpaired) electrons. The van der Waals surface area contributed by atoms with Crippen molar-refractivity contribution in [3.05, 3.63) is 8.06 Å². The second-order valence-corrected chi connectivity index (χ2v) is 3.93. The Balaban J connectivity index is 2.71. The van der Waals surface area contributed by atoms with Gasteiger partial charge >= 0.3 is 0 Å². The molecule has 0 saturated carbocycles. The zero-order valence-corrected chi connectivity index (χ0v) is 7.94. The molecule has 0 bridgehead atoms. The summed E-state index contributed by atoms with van der Waals surface area (Å²) in [5.41, 5.74) is 0. The van der Waals surface area contributed by atoms with Gasteiger partial charge in [0.1, 0.15) is 0 Å². The summed E-state index contributed by atoms with van der Waals surface area (Å²) in [5, 5.41) is 9.07. The van der Waals surface area contributed by atoms with Crippen LogP contribution in [0.3, 0.4) is 0 Å². The van der Waals surface area contributed by atoms with Crippen LogP contribution >= 0.6 is 38.5 Å². The number of hydrogen-bond acceptors (Lipinski definition) is 1. The highest BCUT2D eigenvalue weighted by Crippen LogP contribution is 2.34. The summed E-state index contributed by atoms with van der Waals surface area (Å²) in [6.07, 6.45) is 1.70. The standard InChI is InChI=1S/C5H6BrIO/c6-3-1-2-4(8)5(3)7/h4,8H,1-2H2. The van der Waals surface area contributed by atoms with E-state index < -0.39 is 0 Å². The molecular weight excluding hydrogens is 283 g/mol. The van der Waals surface area contributed by atoms with Gasteiger partial charge in [-0.15, -0.1) is 0 Å². The number of allylic oxidation sites excluding steroid dienone is 1. The fraction of sp³-hybridized carbons (Fsp3) is 0.600. The average molecular weight is 289 g/mol. The molecule has 0 amide bonds. The van der Waals surface area contributed by atoms with E-state index in [4.69, 9.17) is 5.11 Å². The van der Waals surface area contributed by atoms with Gasteiger partial charge in [0.15, 0.2) is 0 Å². The Bertz CT molecular complexity index is 132. The van der Waals surface area contributed by atoms with E-state index in [1.807, 2.05) is 0 Å². The first-order valence-electron chi connectivity index (χ1n) is 2.44. The molecule has 1 rings (SSSR count). The third-order valence-corrected chi connectivity index (χ3v) is 4.12. The van der Waals surface area contributed by atoms with Gasteiger partial charge in [0.05, 0.1) is 6.10 Å². The van der Waals surface area contributed by atoms with E-state index in [1.165, 1.54) is 4.48 Å². The molecule has 0 saturated heterocycles. The Labute approximate surface area is 70.4 Å². The van der Waals surface area contributed by atoms with Gasteiger partial charge in [-0.05, 0) is 35.4 Å². The predicted octanol–water partition coefficient (Wildman–Crippen LogP) is 2.18. The minimum absolute atomic E-state index is 0.190. The summed E-state index contributed by atoms with van der Waals surface area (Å²) in [6.45, 7) is 0. The van der Waals surface area contributed by atoms with Crippen molar-refractivity contribution in [3.8, 4) is 0 Å². The topological polar surface area (TPSA) is 20.2 Å². The van der Waals surface area contributed by atoms with E-state index in [1.54, 1.807) is 0 Å². The van der Waals surface area contributed by atoms with Crippen molar-refractivity contribution in [2.45, 2.75) is 18.9 Å². The molecule has 1 atom stereocenters. The molecule has 0 aromatic rings. The highest BCUT2D eigenvalue weighted by atomic mass is 127. The molecule has 1 aliphatic carbocycles. The normalized spacial score (nSPS) is 29.6. The van der Waals surface area contributed by atoms with Crippen molar-refractivity contribution in [2.75, 3.05) is 0 Å². The Kier molecular flexibility index (Phi) is 2.34.